The molecule has 0 amide bonds. The minimum Gasteiger partial charge on any atom is -0.0622 e. The van der Waals surface area contributed by atoms with Crippen LogP contribution in [0.25, 0.3) is 11.6 Å². The van der Waals surface area contributed by atoms with E-state index < -0.39 is 0 Å². The second-order valence-corrected chi connectivity index (χ2v) is 5.36. The summed E-state index contributed by atoms with van der Waals surface area (Å²) in [7, 11) is 0. The zero-order valence-corrected chi connectivity index (χ0v) is 11.3. The molecule has 0 aliphatic heterocycles. The van der Waals surface area contributed by atoms with Gasteiger partial charge in [-0.05, 0) is 35.5 Å². The van der Waals surface area contributed by atoms with E-state index in [1.165, 1.54) is 42.4 Å². The molecule has 0 radical (unpaired) electrons. The molecule has 0 unspecified atom stereocenters. The third-order valence-electron chi connectivity index (χ3n) is 4.02. The van der Waals surface area contributed by atoms with Gasteiger partial charge in [0, 0.05) is 0 Å². The van der Waals surface area contributed by atoms with Crippen LogP contribution < -0.4 is 0 Å². The van der Waals surface area contributed by atoms with Crippen LogP contribution in [0.15, 0.2) is 60.7 Å². The number of allylic oxidation sites excluding steroid dienone is 1. The van der Waals surface area contributed by atoms with Gasteiger partial charge in [0.15, 0.2) is 0 Å². The van der Waals surface area contributed by atoms with E-state index in [9.17, 15) is 0 Å². The minimum atomic E-state index is 0.739. The van der Waals surface area contributed by atoms with Gasteiger partial charge in [-0.2, -0.15) is 0 Å². The smallest absolute Gasteiger partial charge is 0.0156 e. The van der Waals surface area contributed by atoms with Crippen molar-refractivity contribution in [2.45, 2.75) is 25.7 Å². The Morgan fingerprint density at radius 2 is 1.37 bits per heavy atom. The second kappa shape index (κ2) is 5.88. The SMILES string of the molecule is C(=C(/c1ccccc1)C1CCCC1)/c1ccccc1. The lowest BCUT2D eigenvalue weighted by molar-refractivity contribution is 0.708. The van der Waals surface area contributed by atoms with Crippen LogP contribution in [0.4, 0.5) is 0 Å². The first-order valence-corrected chi connectivity index (χ1v) is 7.25. The van der Waals surface area contributed by atoms with Gasteiger partial charge in [0.1, 0.15) is 0 Å². The first-order chi connectivity index (χ1) is 9.43. The lowest BCUT2D eigenvalue weighted by Crippen LogP contribution is -1.98. The highest BCUT2D eigenvalue weighted by Gasteiger charge is 2.20. The predicted octanol–water partition coefficient (Wildman–Crippen LogP) is 5.42. The Morgan fingerprint density at radius 1 is 0.789 bits per heavy atom. The van der Waals surface area contributed by atoms with Crippen molar-refractivity contribution >= 4 is 11.6 Å². The van der Waals surface area contributed by atoms with Gasteiger partial charge in [-0.15, -0.1) is 0 Å². The number of rotatable bonds is 3. The molecule has 0 heterocycles. The van der Waals surface area contributed by atoms with Crippen molar-refractivity contribution in [1.82, 2.24) is 0 Å². The number of hydrogen-bond donors (Lipinski definition) is 0. The average molecular weight is 248 g/mol. The van der Waals surface area contributed by atoms with E-state index in [-0.39, 0.29) is 0 Å². The summed E-state index contributed by atoms with van der Waals surface area (Å²) in [6.45, 7) is 0. The van der Waals surface area contributed by atoms with Gasteiger partial charge in [-0.3, -0.25) is 0 Å². The zero-order valence-electron chi connectivity index (χ0n) is 11.3. The molecule has 3 rings (SSSR count). The summed E-state index contributed by atoms with van der Waals surface area (Å²) in [6.07, 6.45) is 7.82. The van der Waals surface area contributed by atoms with E-state index in [2.05, 4.69) is 66.7 Å². The van der Waals surface area contributed by atoms with Crippen LogP contribution in [0.1, 0.15) is 36.8 Å². The molecule has 19 heavy (non-hydrogen) atoms. The Bertz CT molecular complexity index is 531. The predicted molar refractivity (Wildman–Crippen MR) is 82.7 cm³/mol. The molecule has 0 bridgehead atoms. The molecule has 1 saturated carbocycles. The molecule has 2 aromatic rings. The van der Waals surface area contributed by atoms with Crippen LogP contribution in [-0.2, 0) is 0 Å². The zero-order chi connectivity index (χ0) is 12.9. The van der Waals surface area contributed by atoms with Gasteiger partial charge < -0.3 is 0 Å². The monoisotopic (exact) mass is 248 g/mol. The lowest BCUT2D eigenvalue weighted by Gasteiger charge is -2.15. The summed E-state index contributed by atoms with van der Waals surface area (Å²) >= 11 is 0. The maximum Gasteiger partial charge on any atom is -0.0156 e. The standard InChI is InChI=1S/C19H20/c1-3-9-16(10-4-1)15-19(18-13-7-8-14-18)17-11-5-2-6-12-17/h1-6,9-12,15,18H,7-8,13-14H2/b19-15+. The van der Waals surface area contributed by atoms with Crippen molar-refractivity contribution in [3.63, 3.8) is 0 Å². The van der Waals surface area contributed by atoms with E-state index >= 15 is 0 Å². The highest BCUT2D eigenvalue weighted by Crippen LogP contribution is 2.37. The summed E-state index contributed by atoms with van der Waals surface area (Å²) in [6, 6.07) is 21.6. The van der Waals surface area contributed by atoms with Gasteiger partial charge >= 0.3 is 0 Å². The Labute approximate surface area is 115 Å². The lowest BCUT2D eigenvalue weighted by atomic mass is 9.89. The van der Waals surface area contributed by atoms with Crippen molar-refractivity contribution in [2.24, 2.45) is 5.92 Å². The summed E-state index contributed by atoms with van der Waals surface area (Å²) in [4.78, 5) is 0. The third kappa shape index (κ3) is 2.96. The summed E-state index contributed by atoms with van der Waals surface area (Å²) in [5, 5.41) is 0. The van der Waals surface area contributed by atoms with Crippen molar-refractivity contribution < 1.29 is 0 Å². The Kier molecular flexibility index (Phi) is 3.78. The molecule has 0 spiro atoms. The molecule has 96 valence electrons. The van der Waals surface area contributed by atoms with Crippen LogP contribution >= 0.6 is 0 Å². The normalized spacial score (nSPS) is 16.7. The molecule has 0 aromatic heterocycles. The largest absolute Gasteiger partial charge is 0.0622 e. The number of benzene rings is 2. The van der Waals surface area contributed by atoms with Crippen molar-refractivity contribution in [1.29, 1.82) is 0 Å². The highest BCUT2D eigenvalue weighted by molar-refractivity contribution is 5.82. The van der Waals surface area contributed by atoms with E-state index in [4.69, 9.17) is 0 Å². The van der Waals surface area contributed by atoms with Crippen LogP contribution in [-0.4, -0.2) is 0 Å². The molecule has 1 fully saturated rings. The summed E-state index contributed by atoms with van der Waals surface area (Å²) in [5.41, 5.74) is 4.22. The molecule has 0 nitrogen and oxygen atoms in total. The van der Waals surface area contributed by atoms with E-state index in [1.54, 1.807) is 0 Å². The van der Waals surface area contributed by atoms with Gasteiger partial charge in [0.25, 0.3) is 0 Å². The average Bonchev–Trinajstić information content (AvgIpc) is 3.01. The third-order valence-corrected chi connectivity index (χ3v) is 4.02. The van der Waals surface area contributed by atoms with Gasteiger partial charge in [0.05, 0.1) is 0 Å². The Balaban J connectivity index is 1.99. The molecule has 0 saturated heterocycles. The van der Waals surface area contributed by atoms with E-state index in [0.29, 0.717) is 0 Å². The first-order valence-electron chi connectivity index (χ1n) is 7.25. The highest BCUT2D eigenvalue weighted by atomic mass is 14.2. The quantitative estimate of drug-likeness (QED) is 0.636. The molecule has 0 N–H and O–H groups in total. The second-order valence-electron chi connectivity index (χ2n) is 5.36. The molecule has 0 atom stereocenters. The molecule has 1 aliphatic rings. The summed E-state index contributed by atoms with van der Waals surface area (Å²) < 4.78 is 0. The maximum atomic E-state index is 2.38. The van der Waals surface area contributed by atoms with Gasteiger partial charge in [0.2, 0.25) is 0 Å². The molecule has 0 heteroatoms. The maximum absolute atomic E-state index is 2.38. The van der Waals surface area contributed by atoms with Crippen LogP contribution in [0, 0.1) is 5.92 Å². The number of hydrogen-bond acceptors (Lipinski definition) is 0. The van der Waals surface area contributed by atoms with Crippen molar-refractivity contribution in [2.75, 3.05) is 0 Å². The van der Waals surface area contributed by atoms with Gasteiger partial charge in [-0.25, -0.2) is 0 Å². The molecular formula is C19H20. The Morgan fingerprint density at radius 3 is 2.00 bits per heavy atom. The van der Waals surface area contributed by atoms with E-state index in [1.807, 2.05) is 0 Å². The molecular weight excluding hydrogens is 228 g/mol. The fraction of sp³-hybridized carbons (Fsp3) is 0.263. The summed E-state index contributed by atoms with van der Waals surface area (Å²) in [5.74, 6) is 0.739. The van der Waals surface area contributed by atoms with Gasteiger partial charge in [-0.1, -0.05) is 79.6 Å². The fourth-order valence-corrected chi connectivity index (χ4v) is 3.03. The molecule has 2 aromatic carbocycles. The van der Waals surface area contributed by atoms with Crippen molar-refractivity contribution in [3.05, 3.63) is 71.8 Å². The fourth-order valence-electron chi connectivity index (χ4n) is 3.03. The van der Waals surface area contributed by atoms with Crippen LogP contribution in [0.5, 0.6) is 0 Å². The van der Waals surface area contributed by atoms with Crippen LogP contribution in [0.2, 0.25) is 0 Å². The van der Waals surface area contributed by atoms with E-state index in [0.717, 1.165) is 5.92 Å². The minimum absolute atomic E-state index is 0.739. The topological polar surface area (TPSA) is 0 Å². The van der Waals surface area contributed by atoms with Crippen LogP contribution in [0.3, 0.4) is 0 Å². The van der Waals surface area contributed by atoms with Crippen molar-refractivity contribution in [3.8, 4) is 0 Å². The molecule has 1 aliphatic carbocycles. The first kappa shape index (κ1) is 12.2. The Hall–Kier alpha value is -1.82.